The van der Waals surface area contributed by atoms with Crippen molar-refractivity contribution in [1.29, 1.82) is 0 Å². The Labute approximate surface area is 184 Å². The number of nitrogens with one attached hydrogen (secondary N) is 2. The van der Waals surface area contributed by atoms with Crippen LogP contribution in [0.15, 0.2) is 35.3 Å². The lowest BCUT2D eigenvalue weighted by Crippen LogP contribution is -2.36. The minimum atomic E-state index is -1.01. The summed E-state index contributed by atoms with van der Waals surface area (Å²) in [4.78, 5) is 46.1. The minimum absolute atomic E-state index is 0.203. The van der Waals surface area contributed by atoms with Crippen LogP contribution in [0.2, 0.25) is 0 Å². The molecule has 1 saturated heterocycles. The lowest BCUT2D eigenvalue weighted by atomic mass is 10.0. The maximum atomic E-state index is 13.0. The molecule has 10 nitrogen and oxygen atoms in total. The Balaban J connectivity index is 1.37. The van der Waals surface area contributed by atoms with Crippen LogP contribution in [0.25, 0.3) is 0 Å². The molecule has 2 aromatic heterocycles. The van der Waals surface area contributed by atoms with E-state index in [4.69, 9.17) is 0 Å². The highest BCUT2D eigenvalue weighted by Gasteiger charge is 2.35. The average molecular weight is 441 g/mol. The van der Waals surface area contributed by atoms with E-state index in [2.05, 4.69) is 15.3 Å². The normalized spacial score (nSPS) is 18.9. The number of H-pyrrole nitrogens is 1. The summed E-state index contributed by atoms with van der Waals surface area (Å²) in [5.74, 6) is -0.285. The summed E-state index contributed by atoms with van der Waals surface area (Å²) in [7, 11) is 0. The molecule has 0 bridgehead atoms. The second-order valence-corrected chi connectivity index (χ2v) is 8.14. The van der Waals surface area contributed by atoms with Crippen molar-refractivity contribution < 1.29 is 19.8 Å². The van der Waals surface area contributed by atoms with E-state index in [1.165, 1.54) is 12.3 Å². The number of aliphatic hydroxyl groups is 1. The van der Waals surface area contributed by atoms with Gasteiger partial charge in [0.15, 0.2) is 0 Å². The number of carboxylic acids is 1. The monoisotopic (exact) mass is 441 g/mol. The molecule has 2 atom stereocenters. The van der Waals surface area contributed by atoms with E-state index in [9.17, 15) is 24.6 Å². The zero-order valence-corrected chi connectivity index (χ0v) is 17.7. The number of amides is 2. The average Bonchev–Trinajstić information content (AvgIpc) is 3.13. The number of carbonyl (C=O) groups excluding carboxylic acids is 1. The third-order valence-corrected chi connectivity index (χ3v) is 5.98. The number of fused-ring (bicyclic) bond motifs is 1. The largest absolute Gasteiger partial charge is 0.481 e. The quantitative estimate of drug-likeness (QED) is 0.487. The summed E-state index contributed by atoms with van der Waals surface area (Å²) >= 11 is 0. The van der Waals surface area contributed by atoms with E-state index in [-0.39, 0.29) is 18.0 Å². The molecule has 0 aromatic carbocycles. The highest BCUT2D eigenvalue weighted by Crippen LogP contribution is 2.29. The van der Waals surface area contributed by atoms with Gasteiger partial charge in [0.25, 0.3) is 0 Å². The smallest absolute Gasteiger partial charge is 0.320 e. The molecular weight excluding hydrogens is 414 g/mol. The molecule has 2 unspecified atom stereocenters. The van der Waals surface area contributed by atoms with Crippen LogP contribution in [-0.2, 0) is 11.2 Å². The molecular formula is C22H27N5O5. The van der Waals surface area contributed by atoms with Gasteiger partial charge in [-0.15, -0.1) is 0 Å². The van der Waals surface area contributed by atoms with Gasteiger partial charge in [-0.25, -0.2) is 9.78 Å². The number of hydrogen-bond acceptors (Lipinski definition) is 6. The number of aromatic nitrogens is 2. The zero-order chi connectivity index (χ0) is 22.7. The first-order chi connectivity index (χ1) is 15.4. The number of aryl methyl sites for hydroxylation is 1. The first kappa shape index (κ1) is 21.8. The number of anilines is 1. The molecule has 2 aliphatic rings. The Kier molecular flexibility index (Phi) is 6.40. The standard InChI is InChI=1S/C22H27N5O5/c28-18-7-8-23-21-16(18)5-4-15(25-21)2-1-9-26-10-11-27(22(26)32)17(12-20(30)31)14-3-6-19(29)24-13-14/h3-6,13,17-18,28H,1-2,7-12H2,(H,23,25)(H,24,29)(H,30,31). The summed E-state index contributed by atoms with van der Waals surface area (Å²) in [5.41, 5.74) is 2.02. The molecule has 2 aliphatic heterocycles. The van der Waals surface area contributed by atoms with Crippen LogP contribution in [0.4, 0.5) is 10.6 Å². The van der Waals surface area contributed by atoms with Gasteiger partial charge in [-0.05, 0) is 30.9 Å². The number of carboxylic acid groups (broad SMARTS) is 1. The van der Waals surface area contributed by atoms with Gasteiger partial charge in [-0.1, -0.05) is 12.1 Å². The Hall–Kier alpha value is -3.40. The Morgan fingerprint density at radius 3 is 2.81 bits per heavy atom. The molecule has 0 aliphatic carbocycles. The molecule has 32 heavy (non-hydrogen) atoms. The van der Waals surface area contributed by atoms with Gasteiger partial charge in [0.1, 0.15) is 5.82 Å². The summed E-state index contributed by atoms with van der Waals surface area (Å²) in [6.07, 6.45) is 2.83. The van der Waals surface area contributed by atoms with Gasteiger partial charge < -0.3 is 30.3 Å². The van der Waals surface area contributed by atoms with Crippen molar-refractivity contribution >= 4 is 17.8 Å². The van der Waals surface area contributed by atoms with Crippen molar-refractivity contribution in [3.8, 4) is 0 Å². The first-order valence-electron chi connectivity index (χ1n) is 10.8. The number of hydrogen-bond donors (Lipinski definition) is 4. The molecule has 2 amide bonds. The van der Waals surface area contributed by atoms with Crippen molar-refractivity contribution in [2.24, 2.45) is 0 Å². The van der Waals surface area contributed by atoms with Crippen LogP contribution in [-0.4, -0.2) is 68.2 Å². The number of rotatable bonds is 8. The van der Waals surface area contributed by atoms with Gasteiger partial charge in [-0.3, -0.25) is 9.59 Å². The molecule has 4 rings (SSSR count). The van der Waals surface area contributed by atoms with Crippen LogP contribution >= 0.6 is 0 Å². The van der Waals surface area contributed by atoms with E-state index in [0.717, 1.165) is 23.5 Å². The molecule has 4 N–H and O–H groups in total. The first-order valence-corrected chi connectivity index (χ1v) is 10.8. The highest BCUT2D eigenvalue weighted by molar-refractivity contribution is 5.78. The predicted octanol–water partition coefficient (Wildman–Crippen LogP) is 1.51. The fourth-order valence-electron chi connectivity index (χ4n) is 4.30. The van der Waals surface area contributed by atoms with Gasteiger partial charge in [0, 0.05) is 49.7 Å². The lowest BCUT2D eigenvalue weighted by molar-refractivity contribution is -0.138. The number of aromatic amines is 1. The molecule has 2 aromatic rings. The molecule has 10 heteroatoms. The van der Waals surface area contributed by atoms with Crippen LogP contribution in [0, 0.1) is 0 Å². The molecule has 4 heterocycles. The second-order valence-electron chi connectivity index (χ2n) is 8.14. The lowest BCUT2D eigenvalue weighted by Gasteiger charge is -2.27. The van der Waals surface area contributed by atoms with E-state index >= 15 is 0 Å². The van der Waals surface area contributed by atoms with Crippen LogP contribution in [0.5, 0.6) is 0 Å². The van der Waals surface area contributed by atoms with Crippen molar-refractivity contribution in [2.75, 3.05) is 31.5 Å². The zero-order valence-electron chi connectivity index (χ0n) is 17.7. The summed E-state index contributed by atoms with van der Waals surface area (Å²) < 4.78 is 0. The van der Waals surface area contributed by atoms with Crippen molar-refractivity contribution in [1.82, 2.24) is 19.8 Å². The van der Waals surface area contributed by atoms with Crippen molar-refractivity contribution in [3.63, 3.8) is 0 Å². The van der Waals surface area contributed by atoms with Gasteiger partial charge >= 0.3 is 12.0 Å². The van der Waals surface area contributed by atoms with E-state index < -0.39 is 18.1 Å². The van der Waals surface area contributed by atoms with E-state index in [1.807, 2.05) is 12.1 Å². The maximum absolute atomic E-state index is 13.0. The fraction of sp³-hybridized carbons (Fsp3) is 0.455. The number of aliphatic hydroxyl groups excluding tert-OH is 1. The van der Waals surface area contributed by atoms with E-state index in [0.29, 0.717) is 44.6 Å². The number of carbonyl (C=O) groups is 2. The van der Waals surface area contributed by atoms with Gasteiger partial charge in [0.05, 0.1) is 18.6 Å². The fourth-order valence-corrected chi connectivity index (χ4v) is 4.30. The van der Waals surface area contributed by atoms with Crippen molar-refractivity contribution in [3.05, 3.63) is 57.6 Å². The van der Waals surface area contributed by atoms with Crippen molar-refractivity contribution in [2.45, 2.75) is 37.8 Å². The predicted molar refractivity (Wildman–Crippen MR) is 116 cm³/mol. The maximum Gasteiger partial charge on any atom is 0.320 e. The molecule has 1 fully saturated rings. The summed E-state index contributed by atoms with van der Waals surface area (Å²) in [6.45, 7) is 2.17. The minimum Gasteiger partial charge on any atom is -0.481 e. The third kappa shape index (κ3) is 4.75. The molecule has 0 radical (unpaired) electrons. The molecule has 0 spiro atoms. The second kappa shape index (κ2) is 9.39. The SMILES string of the molecule is O=C(O)CC(c1ccc(=O)[nH]c1)N1CCN(CCCc2ccc3c(n2)NCCC3O)C1=O. The third-order valence-electron chi connectivity index (χ3n) is 5.98. The van der Waals surface area contributed by atoms with Gasteiger partial charge in [0.2, 0.25) is 5.56 Å². The Morgan fingerprint density at radius 2 is 2.06 bits per heavy atom. The number of urea groups is 1. The number of aliphatic carboxylic acids is 1. The van der Waals surface area contributed by atoms with Crippen LogP contribution in [0.3, 0.4) is 0 Å². The Morgan fingerprint density at radius 1 is 1.22 bits per heavy atom. The van der Waals surface area contributed by atoms with Crippen LogP contribution in [0.1, 0.15) is 48.2 Å². The van der Waals surface area contributed by atoms with Gasteiger partial charge in [-0.2, -0.15) is 0 Å². The number of pyridine rings is 2. The molecule has 0 saturated carbocycles. The highest BCUT2D eigenvalue weighted by atomic mass is 16.4. The summed E-state index contributed by atoms with van der Waals surface area (Å²) in [5, 5.41) is 22.6. The van der Waals surface area contributed by atoms with E-state index in [1.54, 1.807) is 15.9 Å². The summed E-state index contributed by atoms with van der Waals surface area (Å²) in [6, 6.07) is 5.87. The van der Waals surface area contributed by atoms with Crippen LogP contribution < -0.4 is 10.9 Å². The molecule has 170 valence electrons. The number of nitrogens with zero attached hydrogens (tertiary/aromatic N) is 3. The topological polar surface area (TPSA) is 139 Å². The Bertz CT molecular complexity index is 1030.